The van der Waals surface area contributed by atoms with Gasteiger partial charge in [-0.25, -0.2) is 13.6 Å². The number of hydrogen-bond donors (Lipinski definition) is 3. The van der Waals surface area contributed by atoms with E-state index in [0.717, 1.165) is 16.0 Å². The van der Waals surface area contributed by atoms with Gasteiger partial charge in [-0.15, -0.1) is 0 Å². The number of aryl methyl sites for hydroxylation is 1. The number of nitrogens with one attached hydrogen (secondary N) is 1. The number of benzene rings is 2. The van der Waals surface area contributed by atoms with Gasteiger partial charge in [-0.1, -0.05) is 31.2 Å². The van der Waals surface area contributed by atoms with Crippen molar-refractivity contribution < 1.29 is 38.1 Å². The highest BCUT2D eigenvalue weighted by atomic mass is 19.3. The molecule has 0 radical (unpaired) electrons. The lowest BCUT2D eigenvalue weighted by Crippen LogP contribution is -2.30. The van der Waals surface area contributed by atoms with Gasteiger partial charge in [0.25, 0.3) is 5.92 Å². The van der Waals surface area contributed by atoms with Gasteiger partial charge in [0.1, 0.15) is 23.7 Å². The molecule has 3 unspecified atom stereocenters. The van der Waals surface area contributed by atoms with Crippen LogP contribution in [0.25, 0.3) is 5.76 Å². The fourth-order valence-corrected chi connectivity index (χ4v) is 4.03. The van der Waals surface area contributed by atoms with Gasteiger partial charge in [-0.3, -0.25) is 14.9 Å². The molecule has 1 aliphatic rings. The normalized spacial score (nSPS) is 19.5. The number of hydrogen-bond acceptors (Lipinski definition) is 5. The van der Waals surface area contributed by atoms with Gasteiger partial charge in [0.15, 0.2) is 0 Å². The first-order valence-electron chi connectivity index (χ1n) is 11.3. The Labute approximate surface area is 207 Å². The summed E-state index contributed by atoms with van der Waals surface area (Å²) in [4.78, 5) is 36.8. The number of aliphatic hydroxyl groups excluding tert-OH is 1. The summed E-state index contributed by atoms with van der Waals surface area (Å²) < 4.78 is 32.9. The third kappa shape index (κ3) is 5.32. The van der Waals surface area contributed by atoms with Crippen molar-refractivity contribution in [3.63, 3.8) is 0 Å². The van der Waals surface area contributed by atoms with Gasteiger partial charge in [0, 0.05) is 18.3 Å². The fraction of sp³-hybridized carbons (Fsp3) is 0.346. The molecule has 0 aromatic heterocycles. The molecule has 0 spiro atoms. The van der Waals surface area contributed by atoms with Crippen molar-refractivity contribution in [2.75, 3.05) is 11.9 Å². The Hall–Kier alpha value is -3.95. The van der Waals surface area contributed by atoms with Crippen LogP contribution in [0.4, 0.5) is 19.3 Å². The number of carboxylic acid groups (broad SMARTS) is 1. The molecule has 3 N–H and O–H groups in total. The third-order valence-corrected chi connectivity index (χ3v) is 6.25. The summed E-state index contributed by atoms with van der Waals surface area (Å²) in [5, 5.41) is 22.1. The Kier molecular flexibility index (Phi) is 7.66. The van der Waals surface area contributed by atoms with Crippen LogP contribution >= 0.6 is 0 Å². The molecule has 0 saturated heterocycles. The molecule has 1 fully saturated rings. The van der Waals surface area contributed by atoms with Crippen LogP contribution in [0.3, 0.4) is 0 Å². The molecule has 2 aromatic rings. The zero-order chi connectivity index (χ0) is 26.8. The van der Waals surface area contributed by atoms with E-state index in [2.05, 4.69) is 5.32 Å². The van der Waals surface area contributed by atoms with E-state index in [1.807, 2.05) is 31.2 Å². The molecule has 0 bridgehead atoms. The van der Waals surface area contributed by atoms with Gasteiger partial charge in [-0.05, 0) is 55.7 Å². The Morgan fingerprint density at radius 3 is 2.22 bits per heavy atom. The van der Waals surface area contributed by atoms with Crippen molar-refractivity contribution in [3.8, 4) is 0 Å². The largest absolute Gasteiger partial charge is 0.505 e. The fourth-order valence-electron chi connectivity index (χ4n) is 4.03. The van der Waals surface area contributed by atoms with E-state index >= 15 is 0 Å². The second kappa shape index (κ2) is 10.3. The molecule has 8 nitrogen and oxygen atoms in total. The molecule has 1 saturated carbocycles. The second-order valence-electron chi connectivity index (χ2n) is 8.62. The lowest BCUT2D eigenvalue weighted by molar-refractivity contribution is -0.141. The maximum atomic E-state index is 13.7. The summed E-state index contributed by atoms with van der Waals surface area (Å²) in [6, 6.07) is 13.2. The van der Waals surface area contributed by atoms with Crippen LogP contribution in [0.1, 0.15) is 43.1 Å². The molecule has 192 valence electrons. The number of anilines is 1. The van der Waals surface area contributed by atoms with Crippen LogP contribution < -0.4 is 10.2 Å². The number of aliphatic hydroxyl groups is 1. The first-order valence-corrected chi connectivity index (χ1v) is 11.3. The van der Waals surface area contributed by atoms with Gasteiger partial charge in [0.2, 0.25) is 5.91 Å². The Morgan fingerprint density at radius 1 is 1.08 bits per heavy atom. The minimum Gasteiger partial charge on any atom is -0.505 e. The lowest BCUT2D eigenvalue weighted by atomic mass is 10.1. The van der Waals surface area contributed by atoms with Crippen LogP contribution in [0.2, 0.25) is 0 Å². The number of amides is 2. The number of halogens is 2. The minimum atomic E-state index is -3.59. The number of alkyl carbamates (subject to hydrolysis) is 1. The highest BCUT2D eigenvalue weighted by molar-refractivity contribution is 6.01. The smallest absolute Gasteiger partial charge is 0.412 e. The Morgan fingerprint density at radius 2 is 1.69 bits per heavy atom. The number of carboxylic acids is 1. The van der Waals surface area contributed by atoms with Crippen molar-refractivity contribution in [3.05, 3.63) is 70.9 Å². The summed E-state index contributed by atoms with van der Waals surface area (Å²) in [7, 11) is 1.27. The maximum absolute atomic E-state index is 13.7. The van der Waals surface area contributed by atoms with Crippen molar-refractivity contribution in [1.29, 1.82) is 0 Å². The predicted octanol–water partition coefficient (Wildman–Crippen LogP) is 5.05. The molecule has 2 aromatic carbocycles. The van der Waals surface area contributed by atoms with Gasteiger partial charge in [0.05, 0.1) is 5.70 Å². The summed E-state index contributed by atoms with van der Waals surface area (Å²) in [6.45, 7) is 5.38. The molecule has 3 rings (SSSR count). The van der Waals surface area contributed by atoms with Crippen LogP contribution in [0.5, 0.6) is 0 Å². The molecule has 0 heterocycles. The van der Waals surface area contributed by atoms with Crippen LogP contribution in [0.15, 0.2) is 54.2 Å². The first kappa shape index (κ1) is 26.7. The van der Waals surface area contributed by atoms with Crippen molar-refractivity contribution in [2.45, 2.75) is 39.2 Å². The topological polar surface area (TPSA) is 116 Å². The van der Waals surface area contributed by atoms with E-state index in [9.17, 15) is 28.3 Å². The average molecular weight is 503 g/mol. The molecule has 10 heteroatoms. The number of alkyl halides is 2. The molecular weight excluding hydrogens is 474 g/mol. The molecule has 3 atom stereocenters. The van der Waals surface area contributed by atoms with Gasteiger partial charge in [-0.2, -0.15) is 0 Å². The number of ether oxygens (including phenoxy) is 1. The lowest BCUT2D eigenvalue weighted by Gasteiger charge is -2.19. The second-order valence-corrected chi connectivity index (χ2v) is 8.62. The Balaban J connectivity index is 1.69. The van der Waals surface area contributed by atoms with Gasteiger partial charge >= 0.3 is 12.1 Å². The summed E-state index contributed by atoms with van der Waals surface area (Å²) in [6.07, 6.45) is -0.986. The van der Waals surface area contributed by atoms with E-state index in [1.54, 1.807) is 13.8 Å². The summed E-state index contributed by atoms with van der Waals surface area (Å²) in [5.41, 5.74) is 2.58. The first-order chi connectivity index (χ1) is 16.9. The van der Waals surface area contributed by atoms with E-state index in [1.165, 1.54) is 31.3 Å². The maximum Gasteiger partial charge on any atom is 0.412 e. The van der Waals surface area contributed by atoms with Crippen molar-refractivity contribution in [2.24, 2.45) is 11.8 Å². The number of nitrogens with zero attached hydrogens (tertiary/aromatic N) is 1. The van der Waals surface area contributed by atoms with E-state index in [4.69, 9.17) is 9.84 Å². The molecular formula is C26H28F2N2O6. The molecule has 2 amide bonds. The number of rotatable bonds is 8. The third-order valence-electron chi connectivity index (χ3n) is 6.25. The SMILES string of the molecule is CC/C(NC(=O)OC(C)c1ccccc1C)=C(\O)c1ccc(N(C)C(=O)C2C(C(=O)O)C2(F)F)cc1. The number of aliphatic carboxylic acids is 1. The zero-order valence-corrected chi connectivity index (χ0v) is 20.3. The van der Waals surface area contributed by atoms with Crippen molar-refractivity contribution >= 4 is 29.4 Å². The highest BCUT2D eigenvalue weighted by Crippen LogP contribution is 2.56. The van der Waals surface area contributed by atoms with Crippen LogP contribution in [0, 0.1) is 18.8 Å². The predicted molar refractivity (Wildman–Crippen MR) is 128 cm³/mol. The highest BCUT2D eigenvalue weighted by Gasteiger charge is 2.76. The number of carbonyl (C=O) groups is 3. The molecule has 36 heavy (non-hydrogen) atoms. The van der Waals surface area contributed by atoms with E-state index in [-0.39, 0.29) is 23.6 Å². The number of carbonyl (C=O) groups excluding carboxylic acids is 2. The zero-order valence-electron chi connectivity index (χ0n) is 20.3. The monoisotopic (exact) mass is 502 g/mol. The van der Waals surface area contributed by atoms with Crippen LogP contribution in [-0.2, 0) is 14.3 Å². The van der Waals surface area contributed by atoms with E-state index in [0.29, 0.717) is 5.56 Å². The summed E-state index contributed by atoms with van der Waals surface area (Å²) >= 11 is 0. The Bertz CT molecular complexity index is 1200. The standard InChI is InChI=1S/C26H28F2N2O6/c1-5-19(29-25(35)36-15(3)18-9-7-6-8-14(18)2)22(31)16-10-12-17(13-11-16)30(4)23(32)20-21(24(33)34)26(20,27)28/h6-13,15,20-21,31H,5H2,1-4H3,(H,29,35)(H,33,34)/b22-19+. The average Bonchev–Trinajstić information content (AvgIpc) is 3.43. The molecule has 0 aliphatic heterocycles. The van der Waals surface area contributed by atoms with Gasteiger partial charge < -0.3 is 19.8 Å². The van der Waals surface area contributed by atoms with Crippen molar-refractivity contribution in [1.82, 2.24) is 5.32 Å². The summed E-state index contributed by atoms with van der Waals surface area (Å²) in [5.74, 6) is -10.5. The minimum absolute atomic E-state index is 0.205. The van der Waals surface area contributed by atoms with E-state index < -0.39 is 41.8 Å². The number of allylic oxidation sites excluding steroid dienone is 1. The molecule has 1 aliphatic carbocycles. The van der Waals surface area contributed by atoms with Crippen LogP contribution in [-0.4, -0.2) is 41.2 Å². The quantitative estimate of drug-likeness (QED) is 0.435.